The van der Waals surface area contributed by atoms with Crippen LogP contribution in [-0.2, 0) is 6.42 Å². The summed E-state index contributed by atoms with van der Waals surface area (Å²) in [6, 6.07) is 6.30. The second-order valence-electron chi connectivity index (χ2n) is 9.47. The highest BCUT2D eigenvalue weighted by atomic mass is 35.5. The second kappa shape index (κ2) is 11.0. The molecule has 4 heterocycles. The summed E-state index contributed by atoms with van der Waals surface area (Å²) in [6.45, 7) is 3.17. The predicted molar refractivity (Wildman–Crippen MR) is 149 cm³/mol. The predicted octanol–water partition coefficient (Wildman–Crippen LogP) is 4.84. The molecule has 0 spiro atoms. The van der Waals surface area contributed by atoms with Gasteiger partial charge in [0.25, 0.3) is 5.91 Å². The number of nitrogens with zero attached hydrogens (tertiary/aromatic N) is 4. The molecule has 8 nitrogen and oxygen atoms in total. The van der Waals surface area contributed by atoms with Crippen LogP contribution in [0.5, 0.6) is 11.5 Å². The van der Waals surface area contributed by atoms with Crippen molar-refractivity contribution in [3.8, 4) is 17.2 Å². The fraction of sp³-hybridized carbons (Fsp3) is 0.286. The van der Waals surface area contributed by atoms with Crippen molar-refractivity contribution in [3.63, 3.8) is 0 Å². The fourth-order valence-corrected chi connectivity index (χ4v) is 6.16. The summed E-state index contributed by atoms with van der Waals surface area (Å²) in [5.41, 5.74) is 1.20. The molecule has 0 bridgehead atoms. The van der Waals surface area contributed by atoms with Crippen LogP contribution >= 0.6 is 23.4 Å². The van der Waals surface area contributed by atoms with E-state index in [2.05, 4.69) is 20.2 Å². The van der Waals surface area contributed by atoms with Crippen LogP contribution in [0, 0.1) is 5.82 Å². The standard InChI is InChI=1S/C28H25ClFN5O3S/c29-17-3-4-22-23(13-17)38-26-24-19(14-21(30)27(26)39-12-5-18-15-31-6-7-32-18)25(36)20(16-35(22)24)28(37)33-8-11-34-9-1-2-10-34/h3-4,6-7,13-16H,1-2,5,8-12H2,(H,33,37). The van der Waals surface area contributed by atoms with Gasteiger partial charge in [0.1, 0.15) is 16.9 Å². The highest BCUT2D eigenvalue weighted by Crippen LogP contribution is 2.46. The second-order valence-corrected chi connectivity index (χ2v) is 11.0. The first-order valence-corrected chi connectivity index (χ1v) is 14.1. The van der Waals surface area contributed by atoms with Crippen molar-refractivity contribution in [2.24, 2.45) is 0 Å². The van der Waals surface area contributed by atoms with E-state index < -0.39 is 17.2 Å². The summed E-state index contributed by atoms with van der Waals surface area (Å²) in [4.78, 5) is 37.5. The number of carbonyl (C=O) groups excluding carboxylic acids is 1. The molecular formula is C28H25ClFN5O3S. The van der Waals surface area contributed by atoms with E-state index in [9.17, 15) is 9.59 Å². The van der Waals surface area contributed by atoms with Gasteiger partial charge in [-0.25, -0.2) is 4.39 Å². The molecule has 11 heteroatoms. The summed E-state index contributed by atoms with van der Waals surface area (Å²) >= 11 is 7.52. The fourth-order valence-electron chi connectivity index (χ4n) is 5.01. The monoisotopic (exact) mass is 565 g/mol. The van der Waals surface area contributed by atoms with Crippen LogP contribution in [0.2, 0.25) is 5.02 Å². The number of amides is 1. The van der Waals surface area contributed by atoms with Crippen molar-refractivity contribution >= 4 is 40.2 Å². The summed E-state index contributed by atoms with van der Waals surface area (Å²) < 4.78 is 23.5. The Hall–Kier alpha value is -3.47. The van der Waals surface area contributed by atoms with E-state index in [-0.39, 0.29) is 21.6 Å². The van der Waals surface area contributed by atoms with E-state index in [1.807, 2.05) is 0 Å². The number of hydrogen-bond donors (Lipinski definition) is 1. The smallest absolute Gasteiger partial charge is 0.256 e. The summed E-state index contributed by atoms with van der Waals surface area (Å²) in [7, 11) is 0. The number of aryl methyl sites for hydroxylation is 1. The quantitative estimate of drug-likeness (QED) is 0.269. The minimum atomic E-state index is -0.595. The maximum atomic E-state index is 15.6. The van der Waals surface area contributed by atoms with Gasteiger partial charge in [-0.2, -0.15) is 0 Å². The van der Waals surface area contributed by atoms with Gasteiger partial charge >= 0.3 is 0 Å². The molecule has 4 aromatic rings. The maximum Gasteiger partial charge on any atom is 0.256 e. The molecule has 1 fully saturated rings. The molecule has 0 unspecified atom stereocenters. The minimum absolute atomic E-state index is 0.0554. The van der Waals surface area contributed by atoms with Gasteiger partial charge in [-0.05, 0) is 44.1 Å². The average Bonchev–Trinajstić information content (AvgIpc) is 3.45. The Morgan fingerprint density at radius 2 is 2.05 bits per heavy atom. The van der Waals surface area contributed by atoms with Gasteiger partial charge in [-0.1, -0.05) is 11.6 Å². The van der Waals surface area contributed by atoms with Crippen molar-refractivity contribution in [3.05, 3.63) is 81.4 Å². The van der Waals surface area contributed by atoms with E-state index in [0.717, 1.165) is 38.2 Å². The highest BCUT2D eigenvalue weighted by Gasteiger charge is 2.29. The van der Waals surface area contributed by atoms with Gasteiger partial charge in [0, 0.05) is 61.1 Å². The molecule has 200 valence electrons. The SMILES string of the molecule is O=C(NCCN1CCCC1)c1cn2c3c(c(SCCc4cnccn4)c(F)cc3c1=O)Oc1cc(Cl)ccc1-2. The third-order valence-corrected chi connectivity index (χ3v) is 8.24. The molecule has 0 saturated carbocycles. The lowest BCUT2D eigenvalue weighted by atomic mass is 10.1. The molecule has 2 aliphatic heterocycles. The van der Waals surface area contributed by atoms with Gasteiger partial charge in [-0.15, -0.1) is 11.8 Å². The van der Waals surface area contributed by atoms with Crippen molar-refractivity contribution < 1.29 is 13.9 Å². The zero-order chi connectivity index (χ0) is 26.9. The number of halogens is 2. The topological polar surface area (TPSA) is 89.4 Å². The molecule has 1 saturated heterocycles. The third kappa shape index (κ3) is 5.11. The van der Waals surface area contributed by atoms with Crippen molar-refractivity contribution in [2.75, 3.05) is 31.9 Å². The van der Waals surface area contributed by atoms with Gasteiger partial charge in [-0.3, -0.25) is 19.6 Å². The molecule has 39 heavy (non-hydrogen) atoms. The summed E-state index contributed by atoms with van der Waals surface area (Å²) in [5, 5.41) is 3.39. The molecule has 2 aromatic carbocycles. The van der Waals surface area contributed by atoms with Crippen LogP contribution in [0.3, 0.4) is 0 Å². The first-order chi connectivity index (χ1) is 19.0. The van der Waals surface area contributed by atoms with Crippen LogP contribution < -0.4 is 15.5 Å². The number of hydrogen-bond acceptors (Lipinski definition) is 7. The van der Waals surface area contributed by atoms with Crippen LogP contribution in [0.25, 0.3) is 16.6 Å². The number of nitrogens with one attached hydrogen (secondary N) is 1. The van der Waals surface area contributed by atoms with E-state index in [1.54, 1.807) is 41.4 Å². The normalized spacial score (nSPS) is 14.3. The van der Waals surface area contributed by atoms with Crippen LogP contribution in [0.15, 0.2) is 58.7 Å². The Bertz CT molecular complexity index is 1630. The minimum Gasteiger partial charge on any atom is -0.452 e. The van der Waals surface area contributed by atoms with Crippen molar-refractivity contribution in [1.29, 1.82) is 0 Å². The Kier molecular flexibility index (Phi) is 7.24. The van der Waals surface area contributed by atoms with E-state index in [4.69, 9.17) is 16.3 Å². The lowest BCUT2D eigenvalue weighted by molar-refractivity contribution is 0.0948. The lowest BCUT2D eigenvalue weighted by Crippen LogP contribution is -2.36. The van der Waals surface area contributed by atoms with E-state index in [0.29, 0.717) is 40.7 Å². The molecule has 0 radical (unpaired) electrons. The number of carbonyl (C=O) groups is 1. The number of likely N-dealkylation sites (tertiary alicyclic amines) is 1. The van der Waals surface area contributed by atoms with Crippen LogP contribution in [0.4, 0.5) is 4.39 Å². The van der Waals surface area contributed by atoms with Crippen molar-refractivity contribution in [1.82, 2.24) is 24.8 Å². The zero-order valence-electron chi connectivity index (χ0n) is 21.0. The zero-order valence-corrected chi connectivity index (χ0v) is 22.5. The molecule has 6 rings (SSSR count). The van der Waals surface area contributed by atoms with Crippen LogP contribution in [-0.4, -0.2) is 57.3 Å². The molecule has 2 aromatic heterocycles. The summed E-state index contributed by atoms with van der Waals surface area (Å²) in [5.74, 6) is 0.0593. The molecule has 1 N–H and O–H groups in total. The highest BCUT2D eigenvalue weighted by molar-refractivity contribution is 7.99. The number of ether oxygens (including phenoxy) is 1. The number of rotatable bonds is 8. The average molecular weight is 566 g/mol. The van der Waals surface area contributed by atoms with E-state index in [1.165, 1.54) is 24.0 Å². The van der Waals surface area contributed by atoms with Gasteiger partial charge in [0.15, 0.2) is 11.5 Å². The summed E-state index contributed by atoms with van der Waals surface area (Å²) in [6.07, 6.45) is 9.28. The number of thioether (sulfide) groups is 1. The Morgan fingerprint density at radius 3 is 2.85 bits per heavy atom. The lowest BCUT2D eigenvalue weighted by Gasteiger charge is -2.26. The molecular weight excluding hydrogens is 541 g/mol. The third-order valence-electron chi connectivity index (χ3n) is 6.92. The van der Waals surface area contributed by atoms with Gasteiger partial charge in [0.05, 0.1) is 21.7 Å². The number of fused-ring (bicyclic) bond motifs is 2. The molecule has 0 aliphatic carbocycles. The first kappa shape index (κ1) is 25.8. The van der Waals surface area contributed by atoms with Gasteiger partial charge < -0.3 is 19.5 Å². The van der Waals surface area contributed by atoms with Gasteiger partial charge in [0.2, 0.25) is 5.43 Å². The Balaban J connectivity index is 1.39. The Labute approximate surface area is 233 Å². The maximum absolute atomic E-state index is 15.6. The Morgan fingerprint density at radius 1 is 1.21 bits per heavy atom. The first-order valence-electron chi connectivity index (χ1n) is 12.8. The molecule has 2 aliphatic rings. The van der Waals surface area contributed by atoms with Crippen molar-refractivity contribution in [2.45, 2.75) is 24.2 Å². The van der Waals surface area contributed by atoms with E-state index >= 15 is 4.39 Å². The number of pyridine rings is 1. The number of benzene rings is 2. The number of aromatic nitrogens is 3. The molecule has 1 amide bonds. The molecule has 0 atom stereocenters. The largest absolute Gasteiger partial charge is 0.452 e. The van der Waals surface area contributed by atoms with Crippen LogP contribution in [0.1, 0.15) is 28.9 Å².